The summed E-state index contributed by atoms with van der Waals surface area (Å²) in [7, 11) is 0. The molecule has 2 N–H and O–H groups in total. The average molecular weight is 244 g/mol. The Morgan fingerprint density at radius 3 is 3.06 bits per heavy atom. The fourth-order valence-electron chi connectivity index (χ4n) is 1.51. The molecule has 0 aromatic carbocycles. The van der Waals surface area contributed by atoms with Gasteiger partial charge in [-0.2, -0.15) is 0 Å². The van der Waals surface area contributed by atoms with Crippen LogP contribution in [-0.4, -0.2) is 29.1 Å². The predicted octanol–water partition coefficient (Wildman–Crippen LogP) is 0.955. The number of aliphatic hydroxyl groups excluding tert-OH is 1. The van der Waals surface area contributed by atoms with Gasteiger partial charge < -0.3 is 10.4 Å². The maximum atomic E-state index is 11.8. The van der Waals surface area contributed by atoms with E-state index < -0.39 is 0 Å². The summed E-state index contributed by atoms with van der Waals surface area (Å²) in [6.45, 7) is 0.793. The van der Waals surface area contributed by atoms with Gasteiger partial charge in [0.05, 0.1) is 12.2 Å². The van der Waals surface area contributed by atoms with Crippen molar-refractivity contribution >= 4 is 5.91 Å². The molecule has 1 aliphatic carbocycles. The SMILES string of the molecule is O=C(NCC1CC1)c1cncc(C#CCCO)c1. The molecule has 1 fully saturated rings. The van der Waals surface area contributed by atoms with Crippen LogP contribution in [0.5, 0.6) is 0 Å². The maximum absolute atomic E-state index is 11.8. The molecule has 1 aromatic rings. The molecule has 4 nitrogen and oxygen atoms in total. The molecule has 1 saturated carbocycles. The second-order valence-electron chi connectivity index (χ2n) is 4.39. The van der Waals surface area contributed by atoms with Gasteiger partial charge in [-0.1, -0.05) is 11.8 Å². The maximum Gasteiger partial charge on any atom is 0.252 e. The number of nitrogens with one attached hydrogen (secondary N) is 1. The Kier molecular flexibility index (Phi) is 4.32. The summed E-state index contributed by atoms with van der Waals surface area (Å²) < 4.78 is 0. The van der Waals surface area contributed by atoms with Gasteiger partial charge in [0.2, 0.25) is 0 Å². The summed E-state index contributed by atoms with van der Waals surface area (Å²) in [5, 5.41) is 11.5. The molecule has 0 atom stereocenters. The summed E-state index contributed by atoms with van der Waals surface area (Å²) in [5.41, 5.74) is 1.23. The van der Waals surface area contributed by atoms with E-state index in [-0.39, 0.29) is 12.5 Å². The first kappa shape index (κ1) is 12.6. The Bertz CT molecular complexity index is 484. The minimum atomic E-state index is -0.0970. The van der Waals surface area contributed by atoms with Crippen LogP contribution in [0.15, 0.2) is 18.5 Å². The number of pyridine rings is 1. The Hall–Kier alpha value is -1.86. The zero-order valence-electron chi connectivity index (χ0n) is 10.1. The molecule has 1 aliphatic rings. The van der Waals surface area contributed by atoms with Gasteiger partial charge in [0, 0.05) is 30.9 Å². The Balaban J connectivity index is 1.97. The Morgan fingerprint density at radius 2 is 2.33 bits per heavy atom. The highest BCUT2D eigenvalue weighted by Crippen LogP contribution is 2.27. The third-order valence-corrected chi connectivity index (χ3v) is 2.72. The monoisotopic (exact) mass is 244 g/mol. The molecule has 2 rings (SSSR count). The molecule has 94 valence electrons. The van der Waals surface area contributed by atoms with E-state index in [2.05, 4.69) is 22.1 Å². The molecule has 0 bridgehead atoms. The van der Waals surface area contributed by atoms with Crippen LogP contribution in [0.3, 0.4) is 0 Å². The van der Waals surface area contributed by atoms with Crippen molar-refractivity contribution in [3.05, 3.63) is 29.6 Å². The lowest BCUT2D eigenvalue weighted by molar-refractivity contribution is 0.0951. The van der Waals surface area contributed by atoms with E-state index in [1.54, 1.807) is 18.5 Å². The quantitative estimate of drug-likeness (QED) is 0.775. The van der Waals surface area contributed by atoms with Crippen molar-refractivity contribution in [2.45, 2.75) is 19.3 Å². The fourth-order valence-corrected chi connectivity index (χ4v) is 1.51. The van der Waals surface area contributed by atoms with E-state index in [0.717, 1.165) is 6.54 Å². The summed E-state index contributed by atoms with van der Waals surface area (Å²) >= 11 is 0. The highest BCUT2D eigenvalue weighted by atomic mass is 16.2. The average Bonchev–Trinajstić information content (AvgIpc) is 3.21. The van der Waals surface area contributed by atoms with E-state index in [4.69, 9.17) is 5.11 Å². The second kappa shape index (κ2) is 6.18. The summed E-state index contributed by atoms with van der Waals surface area (Å²) in [5.74, 6) is 6.24. The standard InChI is InChI=1S/C14H16N2O2/c17-6-2-1-3-12-7-13(10-15-8-12)14(18)16-9-11-4-5-11/h7-8,10-11,17H,2,4-6,9H2,(H,16,18). The minimum absolute atomic E-state index is 0.0436. The zero-order chi connectivity index (χ0) is 12.8. The van der Waals surface area contributed by atoms with Crippen molar-refractivity contribution in [3.8, 4) is 11.8 Å². The molecule has 0 radical (unpaired) electrons. The molecule has 0 aliphatic heterocycles. The van der Waals surface area contributed by atoms with Crippen LogP contribution in [0.25, 0.3) is 0 Å². The molecule has 0 saturated heterocycles. The molecular weight excluding hydrogens is 228 g/mol. The van der Waals surface area contributed by atoms with Gasteiger partial charge in [0.15, 0.2) is 0 Å². The normalized spacial score (nSPS) is 13.6. The summed E-state index contributed by atoms with van der Waals surface area (Å²) in [6, 6.07) is 1.72. The van der Waals surface area contributed by atoms with Crippen molar-refractivity contribution in [1.29, 1.82) is 0 Å². The largest absolute Gasteiger partial charge is 0.395 e. The predicted molar refractivity (Wildman–Crippen MR) is 67.9 cm³/mol. The number of amides is 1. The van der Waals surface area contributed by atoms with Crippen molar-refractivity contribution in [2.75, 3.05) is 13.2 Å². The van der Waals surface area contributed by atoms with Crippen LogP contribution in [0, 0.1) is 17.8 Å². The van der Waals surface area contributed by atoms with Crippen molar-refractivity contribution in [2.24, 2.45) is 5.92 Å². The lowest BCUT2D eigenvalue weighted by Crippen LogP contribution is -2.25. The van der Waals surface area contributed by atoms with Crippen LogP contribution in [0.2, 0.25) is 0 Å². The van der Waals surface area contributed by atoms with Crippen molar-refractivity contribution in [3.63, 3.8) is 0 Å². The molecule has 0 spiro atoms. The van der Waals surface area contributed by atoms with Gasteiger partial charge in [-0.3, -0.25) is 9.78 Å². The molecule has 1 amide bonds. The topological polar surface area (TPSA) is 62.2 Å². The fraction of sp³-hybridized carbons (Fsp3) is 0.429. The number of nitrogens with zero attached hydrogens (tertiary/aromatic N) is 1. The summed E-state index contributed by atoms with van der Waals surface area (Å²) in [4.78, 5) is 15.8. The van der Waals surface area contributed by atoms with Gasteiger partial charge >= 0.3 is 0 Å². The van der Waals surface area contributed by atoms with Crippen LogP contribution in [-0.2, 0) is 0 Å². The smallest absolute Gasteiger partial charge is 0.252 e. The first-order valence-corrected chi connectivity index (χ1v) is 6.12. The van der Waals surface area contributed by atoms with Crippen LogP contribution < -0.4 is 5.32 Å². The number of rotatable bonds is 4. The zero-order valence-corrected chi connectivity index (χ0v) is 10.1. The molecule has 1 heterocycles. The number of hydrogen-bond acceptors (Lipinski definition) is 3. The van der Waals surface area contributed by atoms with E-state index >= 15 is 0 Å². The van der Waals surface area contributed by atoms with Gasteiger partial charge in [-0.15, -0.1) is 0 Å². The molecule has 4 heteroatoms. The number of carbonyl (C=O) groups is 1. The first-order valence-electron chi connectivity index (χ1n) is 6.12. The highest BCUT2D eigenvalue weighted by molar-refractivity contribution is 5.94. The molecule has 1 aromatic heterocycles. The molecule has 18 heavy (non-hydrogen) atoms. The van der Waals surface area contributed by atoms with Gasteiger partial charge in [0.25, 0.3) is 5.91 Å². The van der Waals surface area contributed by atoms with E-state index in [9.17, 15) is 4.79 Å². The third-order valence-electron chi connectivity index (χ3n) is 2.72. The van der Waals surface area contributed by atoms with Gasteiger partial charge in [-0.25, -0.2) is 0 Å². The van der Waals surface area contributed by atoms with Crippen molar-refractivity contribution in [1.82, 2.24) is 10.3 Å². The molecule has 0 unspecified atom stereocenters. The number of aliphatic hydroxyl groups is 1. The Labute approximate surface area is 106 Å². The van der Waals surface area contributed by atoms with E-state index in [0.29, 0.717) is 23.5 Å². The van der Waals surface area contributed by atoms with Gasteiger partial charge in [0.1, 0.15) is 0 Å². The molecular formula is C14H16N2O2. The third kappa shape index (κ3) is 3.86. The van der Waals surface area contributed by atoms with Crippen LogP contribution in [0.1, 0.15) is 35.2 Å². The second-order valence-corrected chi connectivity index (χ2v) is 4.39. The summed E-state index contributed by atoms with van der Waals surface area (Å²) in [6.07, 6.45) is 6.01. The van der Waals surface area contributed by atoms with Crippen LogP contribution >= 0.6 is 0 Å². The number of hydrogen-bond donors (Lipinski definition) is 2. The van der Waals surface area contributed by atoms with Crippen LogP contribution in [0.4, 0.5) is 0 Å². The number of carbonyl (C=O) groups excluding carboxylic acids is 1. The van der Waals surface area contributed by atoms with Crippen molar-refractivity contribution < 1.29 is 9.90 Å². The van der Waals surface area contributed by atoms with Gasteiger partial charge in [-0.05, 0) is 24.8 Å². The van der Waals surface area contributed by atoms with E-state index in [1.165, 1.54) is 12.8 Å². The van der Waals surface area contributed by atoms with E-state index in [1.807, 2.05) is 0 Å². The minimum Gasteiger partial charge on any atom is -0.395 e. The highest BCUT2D eigenvalue weighted by Gasteiger charge is 2.21. The first-order chi connectivity index (χ1) is 8.79. The Morgan fingerprint density at radius 1 is 1.50 bits per heavy atom. The number of aromatic nitrogens is 1. The lowest BCUT2D eigenvalue weighted by atomic mass is 10.2. The lowest BCUT2D eigenvalue weighted by Gasteiger charge is -2.03.